The number of hydrogen-bond donors (Lipinski definition) is 0. The molecule has 1 aliphatic carbocycles. The van der Waals surface area contributed by atoms with Crippen molar-refractivity contribution in [2.24, 2.45) is 17.3 Å². The van der Waals surface area contributed by atoms with Gasteiger partial charge >= 0.3 is 5.97 Å². The van der Waals surface area contributed by atoms with Gasteiger partial charge in [0.05, 0.1) is 24.0 Å². The molecule has 190 valence electrons. The van der Waals surface area contributed by atoms with Gasteiger partial charge in [-0.1, -0.05) is 49.4 Å². The minimum Gasteiger partial charge on any atom is -0.461 e. The first-order chi connectivity index (χ1) is 17.4. The average Bonchev–Trinajstić information content (AvgIpc) is 3.14. The highest BCUT2D eigenvalue weighted by molar-refractivity contribution is 6.22. The van der Waals surface area contributed by atoms with E-state index in [0.717, 1.165) is 43.8 Å². The van der Waals surface area contributed by atoms with Crippen LogP contribution in [0.1, 0.15) is 48.5 Å². The van der Waals surface area contributed by atoms with E-state index in [1.54, 1.807) is 38.3 Å². The number of methoxy groups -OCH3 is 1. The molecule has 7 heteroatoms. The maximum Gasteiger partial charge on any atom is 0.340 e. The Kier molecular flexibility index (Phi) is 6.95. The molecule has 3 fully saturated rings. The smallest absolute Gasteiger partial charge is 0.340 e. The summed E-state index contributed by atoms with van der Waals surface area (Å²) in [5.74, 6) is -1.05. The van der Waals surface area contributed by atoms with Crippen molar-refractivity contribution in [3.63, 3.8) is 0 Å². The normalized spacial score (nSPS) is 28.4. The highest BCUT2D eigenvalue weighted by Crippen LogP contribution is 2.46. The summed E-state index contributed by atoms with van der Waals surface area (Å²) in [4.78, 5) is 42.0. The first-order valence-electron chi connectivity index (χ1n) is 12.8. The number of esters is 1. The summed E-state index contributed by atoms with van der Waals surface area (Å²) in [6, 6.07) is 17.2. The molecule has 3 aliphatic rings. The predicted octanol–water partition coefficient (Wildman–Crippen LogP) is 4.06. The van der Waals surface area contributed by atoms with Crippen molar-refractivity contribution in [3.8, 4) is 0 Å². The van der Waals surface area contributed by atoms with Crippen LogP contribution in [0.25, 0.3) is 0 Å². The summed E-state index contributed by atoms with van der Waals surface area (Å²) in [6.45, 7) is 4.70. The number of rotatable bonds is 7. The van der Waals surface area contributed by atoms with Crippen molar-refractivity contribution in [1.82, 2.24) is 4.90 Å². The van der Waals surface area contributed by atoms with Gasteiger partial charge in [0.1, 0.15) is 0 Å². The highest BCUT2D eigenvalue weighted by Gasteiger charge is 2.47. The van der Waals surface area contributed by atoms with Crippen LogP contribution >= 0.6 is 0 Å². The zero-order valence-corrected chi connectivity index (χ0v) is 21.0. The molecule has 2 bridgehead atoms. The molecule has 2 aromatic rings. The van der Waals surface area contributed by atoms with Crippen LogP contribution in [0.4, 0.5) is 5.69 Å². The van der Waals surface area contributed by atoms with Gasteiger partial charge in [-0.15, -0.1) is 0 Å². The number of likely N-dealkylation sites (tertiary alicyclic amines) is 1. The van der Waals surface area contributed by atoms with Crippen LogP contribution < -0.4 is 4.90 Å². The number of piperidine rings is 1. The molecule has 0 unspecified atom stereocenters. The molecule has 0 spiro atoms. The van der Waals surface area contributed by atoms with Gasteiger partial charge in [0.2, 0.25) is 11.8 Å². The van der Waals surface area contributed by atoms with E-state index in [2.05, 4.69) is 29.2 Å². The van der Waals surface area contributed by atoms with E-state index in [9.17, 15) is 14.4 Å². The number of carbonyl (C=O) groups excluding carboxylic acids is 3. The van der Waals surface area contributed by atoms with Gasteiger partial charge in [-0.05, 0) is 42.9 Å². The number of carbonyl (C=O) groups is 3. The van der Waals surface area contributed by atoms with E-state index in [-0.39, 0.29) is 41.2 Å². The topological polar surface area (TPSA) is 76.1 Å². The van der Waals surface area contributed by atoms with Crippen molar-refractivity contribution in [2.75, 3.05) is 31.7 Å². The lowest BCUT2D eigenvalue weighted by Gasteiger charge is -2.51. The Balaban J connectivity index is 1.33. The van der Waals surface area contributed by atoms with Gasteiger partial charge in [0, 0.05) is 44.5 Å². The molecule has 7 nitrogen and oxygen atoms in total. The molecule has 2 saturated heterocycles. The summed E-state index contributed by atoms with van der Waals surface area (Å²) >= 11 is 0. The molecule has 36 heavy (non-hydrogen) atoms. The maximum atomic E-state index is 13.3. The first-order valence-corrected chi connectivity index (χ1v) is 12.8. The fraction of sp³-hybridized carbons (Fsp3) is 0.483. The van der Waals surface area contributed by atoms with Gasteiger partial charge in [-0.3, -0.25) is 14.5 Å². The van der Waals surface area contributed by atoms with E-state index >= 15 is 0 Å². The third-order valence-corrected chi connectivity index (χ3v) is 8.03. The maximum absolute atomic E-state index is 13.3. The molecule has 2 aliphatic heterocycles. The van der Waals surface area contributed by atoms with Crippen molar-refractivity contribution in [3.05, 3.63) is 65.7 Å². The van der Waals surface area contributed by atoms with Crippen LogP contribution in [-0.4, -0.2) is 55.6 Å². The lowest BCUT2D eigenvalue weighted by atomic mass is 9.65. The van der Waals surface area contributed by atoms with E-state index in [4.69, 9.17) is 9.47 Å². The van der Waals surface area contributed by atoms with Gasteiger partial charge in [0.15, 0.2) is 0 Å². The number of benzene rings is 2. The minimum absolute atomic E-state index is 0.148. The van der Waals surface area contributed by atoms with Gasteiger partial charge in [-0.2, -0.15) is 0 Å². The molecule has 5 rings (SSSR count). The van der Waals surface area contributed by atoms with Crippen molar-refractivity contribution >= 4 is 23.5 Å². The lowest BCUT2D eigenvalue weighted by molar-refractivity contribution is -0.122. The number of hydrogen-bond acceptors (Lipinski definition) is 6. The molecule has 0 aromatic heterocycles. The Morgan fingerprint density at radius 1 is 1.08 bits per heavy atom. The quantitative estimate of drug-likeness (QED) is 0.430. The van der Waals surface area contributed by atoms with Crippen LogP contribution in [0.3, 0.4) is 0 Å². The summed E-state index contributed by atoms with van der Waals surface area (Å²) in [5, 5.41) is 0. The molecule has 2 amide bonds. The molecule has 1 saturated carbocycles. The molecular formula is C29H34N2O5. The van der Waals surface area contributed by atoms with Gasteiger partial charge < -0.3 is 9.47 Å². The zero-order chi connectivity index (χ0) is 25.3. The second-order valence-electron chi connectivity index (χ2n) is 10.7. The Morgan fingerprint density at radius 3 is 2.56 bits per heavy atom. The van der Waals surface area contributed by atoms with Crippen molar-refractivity contribution in [2.45, 2.75) is 45.3 Å². The van der Waals surface area contributed by atoms with E-state index in [1.165, 1.54) is 5.56 Å². The average molecular weight is 491 g/mol. The summed E-state index contributed by atoms with van der Waals surface area (Å²) < 4.78 is 11.8. The molecule has 0 radical (unpaired) electrons. The molecule has 2 aromatic carbocycles. The number of amides is 2. The fourth-order valence-corrected chi connectivity index (χ4v) is 6.29. The number of imide groups is 1. The number of nitrogens with zero attached hydrogens (tertiary/aromatic N) is 2. The third kappa shape index (κ3) is 4.82. The standard InChI is InChI=1S/C29H34N2O5/c1-20-14-26(32)31(27(20)33)24-11-7-6-10-23(24)28(34)36-19-29-13-12-25(35-2)22(15-29)17-30(18-29)16-21-8-4-3-5-9-21/h3-11,20,22,25H,12-19H2,1-2H3/t20-,22-,25-,29-/m1/s1. The van der Waals surface area contributed by atoms with E-state index < -0.39 is 5.97 Å². The van der Waals surface area contributed by atoms with E-state index in [1.807, 2.05) is 6.07 Å². The van der Waals surface area contributed by atoms with Gasteiger partial charge in [-0.25, -0.2) is 9.69 Å². The van der Waals surface area contributed by atoms with Crippen LogP contribution in [0.2, 0.25) is 0 Å². The van der Waals surface area contributed by atoms with Crippen molar-refractivity contribution < 1.29 is 23.9 Å². The fourth-order valence-electron chi connectivity index (χ4n) is 6.29. The Labute approximate surface area is 212 Å². The molecule has 4 atom stereocenters. The van der Waals surface area contributed by atoms with Crippen molar-refractivity contribution in [1.29, 1.82) is 0 Å². The molecule has 2 heterocycles. The predicted molar refractivity (Wildman–Crippen MR) is 135 cm³/mol. The second kappa shape index (κ2) is 10.1. The van der Waals surface area contributed by atoms with Crippen LogP contribution in [0.15, 0.2) is 54.6 Å². The summed E-state index contributed by atoms with van der Waals surface area (Å²) in [5.41, 5.74) is 1.69. The number of para-hydroxylation sites is 1. The molecular weight excluding hydrogens is 456 g/mol. The monoisotopic (exact) mass is 490 g/mol. The van der Waals surface area contributed by atoms with Crippen LogP contribution in [0.5, 0.6) is 0 Å². The van der Waals surface area contributed by atoms with Crippen LogP contribution in [0, 0.1) is 17.3 Å². The number of ether oxygens (including phenoxy) is 2. The van der Waals surface area contributed by atoms with Gasteiger partial charge in [0.25, 0.3) is 0 Å². The summed E-state index contributed by atoms with van der Waals surface area (Å²) in [7, 11) is 1.78. The SMILES string of the molecule is CO[C@@H]1CC[C@@]2(COC(=O)c3ccccc3N3C(=O)C[C@@H](C)C3=O)C[C@@H]1CN(Cc1ccccc1)C2. The number of fused-ring (bicyclic) bond motifs is 2. The second-order valence-corrected chi connectivity index (χ2v) is 10.7. The highest BCUT2D eigenvalue weighted by atomic mass is 16.5. The third-order valence-electron chi connectivity index (χ3n) is 8.03. The van der Waals surface area contributed by atoms with E-state index in [0.29, 0.717) is 18.2 Å². The van der Waals surface area contributed by atoms with Crippen LogP contribution in [-0.2, 0) is 25.6 Å². The largest absolute Gasteiger partial charge is 0.461 e. The molecule has 0 N–H and O–H groups in total. The zero-order valence-electron chi connectivity index (χ0n) is 21.0. The Bertz CT molecular complexity index is 1140. The Hall–Kier alpha value is -3.03. The lowest BCUT2D eigenvalue weighted by Crippen LogP contribution is -2.55. The first kappa shape index (κ1) is 24.7. The number of anilines is 1. The minimum atomic E-state index is -0.495. The Morgan fingerprint density at radius 2 is 1.83 bits per heavy atom. The summed E-state index contributed by atoms with van der Waals surface area (Å²) in [6.07, 6.45) is 3.19.